The van der Waals surface area contributed by atoms with Crippen molar-refractivity contribution in [1.29, 1.82) is 0 Å². The Balaban J connectivity index is 1.95. The van der Waals surface area contributed by atoms with E-state index in [2.05, 4.69) is 20.6 Å². The van der Waals surface area contributed by atoms with E-state index < -0.39 is 0 Å². The predicted octanol–water partition coefficient (Wildman–Crippen LogP) is 1.53. The molecule has 118 valence electrons. The summed E-state index contributed by atoms with van der Waals surface area (Å²) in [5.74, 6) is 0.268. The lowest BCUT2D eigenvalue weighted by molar-refractivity contribution is 0.0940. The second-order valence-corrected chi connectivity index (χ2v) is 6.35. The first-order chi connectivity index (χ1) is 10.8. The van der Waals surface area contributed by atoms with Crippen LogP contribution in [0.15, 0.2) is 12.4 Å². The third-order valence-corrected chi connectivity index (χ3v) is 4.97. The van der Waals surface area contributed by atoms with E-state index in [1.807, 2.05) is 0 Å². The molecular weight excluding hydrogens is 300 g/mol. The van der Waals surface area contributed by atoms with Gasteiger partial charge in [0, 0.05) is 44.1 Å². The first-order valence-electron chi connectivity index (χ1n) is 7.52. The fourth-order valence-corrected chi connectivity index (χ4v) is 3.94. The number of thiophene rings is 1. The maximum absolute atomic E-state index is 12.5. The highest BCUT2D eigenvalue weighted by Crippen LogP contribution is 2.36. The number of nitrogens with zero attached hydrogens (tertiary/aromatic N) is 2. The molecule has 6 nitrogen and oxygen atoms in total. The third kappa shape index (κ3) is 3.11. The Bertz CT molecular complexity index is 652. The summed E-state index contributed by atoms with van der Waals surface area (Å²) in [7, 11) is 1.62. The van der Waals surface area contributed by atoms with Gasteiger partial charge in [-0.05, 0) is 19.4 Å². The molecule has 22 heavy (non-hydrogen) atoms. The molecule has 1 atom stereocenters. The van der Waals surface area contributed by atoms with Gasteiger partial charge >= 0.3 is 0 Å². The number of carbonyl (C=O) groups excluding carboxylic acids is 1. The number of nitrogens with one attached hydrogen (secondary N) is 2. The molecule has 1 saturated heterocycles. The predicted molar refractivity (Wildman–Crippen MR) is 86.5 cm³/mol. The van der Waals surface area contributed by atoms with Crippen molar-refractivity contribution in [3.05, 3.63) is 22.8 Å². The molecule has 2 aromatic heterocycles. The van der Waals surface area contributed by atoms with Crippen molar-refractivity contribution in [3.8, 4) is 0 Å². The highest BCUT2D eigenvalue weighted by molar-refractivity contribution is 7.20. The van der Waals surface area contributed by atoms with Crippen LogP contribution in [0.25, 0.3) is 10.3 Å². The minimum Gasteiger partial charge on any atom is -0.383 e. The van der Waals surface area contributed by atoms with Crippen LogP contribution in [0.2, 0.25) is 0 Å². The largest absolute Gasteiger partial charge is 0.383 e. The van der Waals surface area contributed by atoms with Gasteiger partial charge in [0.05, 0.1) is 11.5 Å². The lowest BCUT2D eigenvalue weighted by Crippen LogP contribution is -2.31. The van der Waals surface area contributed by atoms with Gasteiger partial charge in [0.1, 0.15) is 10.3 Å². The molecule has 2 aromatic rings. The summed E-state index contributed by atoms with van der Waals surface area (Å²) in [4.78, 5) is 22.9. The van der Waals surface area contributed by atoms with Gasteiger partial charge in [0.25, 0.3) is 5.91 Å². The fourth-order valence-electron chi connectivity index (χ4n) is 2.84. The lowest BCUT2D eigenvalue weighted by atomic mass is 9.91. The number of ether oxygens (including phenoxy) is 1. The van der Waals surface area contributed by atoms with E-state index in [1.54, 1.807) is 19.5 Å². The SMILES string of the molecule is COCCNC(=O)c1sc2nccnc2c1C1CCCNC1. The molecule has 3 rings (SSSR count). The summed E-state index contributed by atoms with van der Waals surface area (Å²) in [5.41, 5.74) is 1.92. The molecule has 1 unspecified atom stereocenters. The summed E-state index contributed by atoms with van der Waals surface area (Å²) < 4.78 is 4.99. The molecule has 3 heterocycles. The van der Waals surface area contributed by atoms with Crippen LogP contribution < -0.4 is 10.6 Å². The zero-order valence-electron chi connectivity index (χ0n) is 12.6. The molecule has 2 N–H and O–H groups in total. The topological polar surface area (TPSA) is 76.1 Å². The van der Waals surface area contributed by atoms with Gasteiger partial charge in [-0.25, -0.2) is 4.98 Å². The highest BCUT2D eigenvalue weighted by Gasteiger charge is 2.27. The average molecular weight is 320 g/mol. The van der Waals surface area contributed by atoms with Crippen molar-refractivity contribution >= 4 is 27.6 Å². The number of rotatable bonds is 5. The normalized spacial score (nSPS) is 18.5. The Kier molecular flexibility index (Phi) is 4.97. The van der Waals surface area contributed by atoms with E-state index in [-0.39, 0.29) is 5.91 Å². The lowest BCUT2D eigenvalue weighted by Gasteiger charge is -2.23. The summed E-state index contributed by atoms with van der Waals surface area (Å²) in [6, 6.07) is 0. The van der Waals surface area contributed by atoms with Gasteiger partial charge < -0.3 is 15.4 Å². The summed E-state index contributed by atoms with van der Waals surface area (Å²) in [5, 5.41) is 6.32. The van der Waals surface area contributed by atoms with Crippen LogP contribution in [0.3, 0.4) is 0 Å². The van der Waals surface area contributed by atoms with Crippen molar-refractivity contribution in [2.24, 2.45) is 0 Å². The molecular formula is C15H20N4O2S. The van der Waals surface area contributed by atoms with E-state index >= 15 is 0 Å². The molecule has 0 aliphatic carbocycles. The zero-order valence-corrected chi connectivity index (χ0v) is 13.4. The van der Waals surface area contributed by atoms with Crippen LogP contribution in [-0.4, -0.2) is 49.2 Å². The van der Waals surface area contributed by atoms with Crippen LogP contribution in [0.4, 0.5) is 0 Å². The first-order valence-corrected chi connectivity index (χ1v) is 8.34. The number of aromatic nitrogens is 2. The molecule has 0 bridgehead atoms. The van der Waals surface area contributed by atoms with Crippen LogP contribution in [0, 0.1) is 0 Å². The van der Waals surface area contributed by atoms with E-state index in [1.165, 1.54) is 11.3 Å². The van der Waals surface area contributed by atoms with Crippen LogP contribution in [0.1, 0.15) is 34.0 Å². The number of amides is 1. The van der Waals surface area contributed by atoms with Crippen LogP contribution in [-0.2, 0) is 4.74 Å². The van der Waals surface area contributed by atoms with Crippen molar-refractivity contribution in [3.63, 3.8) is 0 Å². The summed E-state index contributed by atoms with van der Waals surface area (Å²) in [6.45, 7) is 2.95. The number of methoxy groups -OCH3 is 1. The van der Waals surface area contributed by atoms with E-state index in [9.17, 15) is 4.79 Å². The smallest absolute Gasteiger partial charge is 0.261 e. The Hall–Kier alpha value is -1.57. The molecule has 1 amide bonds. The van der Waals surface area contributed by atoms with Gasteiger partial charge in [-0.1, -0.05) is 0 Å². The maximum Gasteiger partial charge on any atom is 0.261 e. The summed E-state index contributed by atoms with van der Waals surface area (Å²) in [6.07, 6.45) is 5.57. The molecule has 1 aliphatic heterocycles. The molecule has 7 heteroatoms. The maximum atomic E-state index is 12.5. The van der Waals surface area contributed by atoms with Gasteiger partial charge in [0.15, 0.2) is 0 Å². The molecule has 1 aliphatic rings. The quantitative estimate of drug-likeness (QED) is 0.817. The minimum absolute atomic E-state index is 0.0533. The Morgan fingerprint density at radius 3 is 3.14 bits per heavy atom. The Morgan fingerprint density at radius 1 is 1.50 bits per heavy atom. The van der Waals surface area contributed by atoms with Crippen LogP contribution in [0.5, 0.6) is 0 Å². The number of carbonyl (C=O) groups is 1. The van der Waals surface area contributed by atoms with Gasteiger partial charge in [-0.2, -0.15) is 0 Å². The Labute approximate surface area is 133 Å². The number of hydrogen-bond acceptors (Lipinski definition) is 6. The molecule has 0 radical (unpaired) electrons. The van der Waals surface area contributed by atoms with Crippen molar-refractivity contribution < 1.29 is 9.53 Å². The molecule has 0 aromatic carbocycles. The number of hydrogen-bond donors (Lipinski definition) is 2. The van der Waals surface area contributed by atoms with Crippen molar-refractivity contribution in [2.45, 2.75) is 18.8 Å². The minimum atomic E-state index is -0.0533. The van der Waals surface area contributed by atoms with E-state index in [0.717, 1.165) is 46.7 Å². The van der Waals surface area contributed by atoms with E-state index in [0.29, 0.717) is 19.1 Å². The van der Waals surface area contributed by atoms with Crippen molar-refractivity contribution in [2.75, 3.05) is 33.4 Å². The second-order valence-electron chi connectivity index (χ2n) is 5.35. The summed E-state index contributed by atoms with van der Waals surface area (Å²) >= 11 is 1.43. The van der Waals surface area contributed by atoms with Gasteiger partial charge in [-0.15, -0.1) is 11.3 Å². The van der Waals surface area contributed by atoms with Gasteiger partial charge in [0.2, 0.25) is 0 Å². The van der Waals surface area contributed by atoms with Crippen LogP contribution >= 0.6 is 11.3 Å². The highest BCUT2D eigenvalue weighted by atomic mass is 32.1. The van der Waals surface area contributed by atoms with E-state index in [4.69, 9.17) is 4.74 Å². The number of piperidine rings is 1. The second kappa shape index (κ2) is 7.13. The first kappa shape index (κ1) is 15.3. The fraction of sp³-hybridized carbons (Fsp3) is 0.533. The number of fused-ring (bicyclic) bond motifs is 1. The monoisotopic (exact) mass is 320 g/mol. The van der Waals surface area contributed by atoms with Gasteiger partial charge in [-0.3, -0.25) is 9.78 Å². The standard InChI is InChI=1S/C15H20N4O2S/c1-21-8-7-18-14(20)13-11(10-3-2-4-16-9-10)12-15(22-13)19-6-5-17-12/h5-6,10,16H,2-4,7-9H2,1H3,(H,18,20). The molecule has 1 fully saturated rings. The van der Waals surface area contributed by atoms with Crippen molar-refractivity contribution in [1.82, 2.24) is 20.6 Å². The molecule has 0 spiro atoms. The molecule has 0 saturated carbocycles. The zero-order chi connectivity index (χ0) is 15.4. The Morgan fingerprint density at radius 2 is 2.36 bits per heavy atom. The average Bonchev–Trinajstić information content (AvgIpc) is 2.95. The third-order valence-electron chi connectivity index (χ3n) is 3.87.